The summed E-state index contributed by atoms with van der Waals surface area (Å²) in [7, 11) is -4.17. The number of nitrogens with one attached hydrogen (secondary N) is 1. The molecule has 0 aliphatic rings. The normalized spacial score (nSPS) is 12.2. The second-order valence-corrected chi connectivity index (χ2v) is 13.8. The lowest BCUT2D eigenvalue weighted by molar-refractivity contribution is -0.141. The van der Waals surface area contributed by atoms with Gasteiger partial charge in [0.05, 0.1) is 10.6 Å². The minimum Gasteiger partial charge on any atom is -0.457 e. The zero-order valence-corrected chi connectivity index (χ0v) is 27.3. The van der Waals surface area contributed by atoms with Crippen molar-refractivity contribution in [1.82, 2.24) is 10.2 Å². The van der Waals surface area contributed by atoms with E-state index in [0.29, 0.717) is 17.9 Å². The van der Waals surface area contributed by atoms with Gasteiger partial charge in [0.25, 0.3) is 10.0 Å². The predicted molar refractivity (Wildman–Crippen MR) is 178 cm³/mol. The van der Waals surface area contributed by atoms with Crippen molar-refractivity contribution in [1.29, 1.82) is 0 Å². The van der Waals surface area contributed by atoms with Crippen molar-refractivity contribution in [3.8, 4) is 11.5 Å². The maximum Gasteiger partial charge on any atom is 0.264 e. The van der Waals surface area contributed by atoms with Crippen LogP contribution in [0.3, 0.4) is 0 Å². The zero-order valence-electron chi connectivity index (χ0n) is 26.4. The van der Waals surface area contributed by atoms with Gasteiger partial charge in [0.2, 0.25) is 11.8 Å². The van der Waals surface area contributed by atoms with Gasteiger partial charge in [0.15, 0.2) is 0 Å². The molecule has 0 radical (unpaired) electrons. The lowest BCUT2D eigenvalue weighted by Gasteiger charge is -2.34. The minimum atomic E-state index is -4.17. The number of amides is 2. The summed E-state index contributed by atoms with van der Waals surface area (Å²) >= 11 is 0. The molecule has 0 spiro atoms. The molecule has 0 unspecified atom stereocenters. The van der Waals surface area contributed by atoms with Crippen molar-refractivity contribution in [3.05, 3.63) is 120 Å². The van der Waals surface area contributed by atoms with Crippen molar-refractivity contribution >= 4 is 27.5 Å². The number of nitrogens with zero attached hydrogens (tertiary/aromatic N) is 2. The molecule has 4 rings (SSSR count). The van der Waals surface area contributed by atoms with Crippen molar-refractivity contribution < 1.29 is 22.7 Å². The lowest BCUT2D eigenvalue weighted by atomic mass is 10.1. The van der Waals surface area contributed by atoms with E-state index in [1.807, 2.05) is 89.2 Å². The number of hydrogen-bond acceptors (Lipinski definition) is 5. The second-order valence-electron chi connectivity index (χ2n) is 11.9. The van der Waals surface area contributed by atoms with Crippen LogP contribution in [0.1, 0.15) is 45.2 Å². The van der Waals surface area contributed by atoms with Crippen LogP contribution in [-0.2, 0) is 26.2 Å². The number of hydrogen-bond donors (Lipinski definition) is 1. The summed E-state index contributed by atoms with van der Waals surface area (Å²) in [5.74, 6) is 0.347. The molecule has 0 bridgehead atoms. The van der Waals surface area contributed by atoms with E-state index in [1.165, 1.54) is 17.0 Å². The fourth-order valence-corrected chi connectivity index (χ4v) is 6.25. The molecule has 45 heavy (non-hydrogen) atoms. The van der Waals surface area contributed by atoms with Gasteiger partial charge in [0.1, 0.15) is 24.1 Å². The van der Waals surface area contributed by atoms with Crippen LogP contribution in [0.5, 0.6) is 11.5 Å². The smallest absolute Gasteiger partial charge is 0.264 e. The highest BCUT2D eigenvalue weighted by molar-refractivity contribution is 7.92. The molecule has 0 aromatic heterocycles. The van der Waals surface area contributed by atoms with E-state index in [2.05, 4.69) is 5.32 Å². The summed E-state index contributed by atoms with van der Waals surface area (Å²) in [5.41, 5.74) is 1.66. The minimum absolute atomic E-state index is 0.0463. The molecule has 9 heteroatoms. The van der Waals surface area contributed by atoms with E-state index in [0.717, 1.165) is 15.4 Å². The molecular formula is C36H41N3O5S. The number of carbonyl (C=O) groups is 2. The van der Waals surface area contributed by atoms with Crippen LogP contribution in [0.2, 0.25) is 0 Å². The summed E-state index contributed by atoms with van der Waals surface area (Å²) in [6.07, 6.45) is 0.344. The summed E-state index contributed by atoms with van der Waals surface area (Å²) in [6, 6.07) is 30.7. The first kappa shape index (κ1) is 33.3. The first-order chi connectivity index (χ1) is 21.4. The van der Waals surface area contributed by atoms with E-state index < -0.39 is 34.1 Å². The van der Waals surface area contributed by atoms with Crippen LogP contribution < -0.4 is 14.4 Å². The molecule has 0 saturated carbocycles. The quantitative estimate of drug-likeness (QED) is 0.189. The van der Waals surface area contributed by atoms with Crippen LogP contribution in [0, 0.1) is 6.92 Å². The van der Waals surface area contributed by atoms with Gasteiger partial charge in [-0.2, -0.15) is 0 Å². The first-order valence-electron chi connectivity index (χ1n) is 14.9. The molecule has 0 aliphatic carbocycles. The third-order valence-electron chi connectivity index (χ3n) is 7.07. The summed E-state index contributed by atoms with van der Waals surface area (Å²) in [5, 5.41) is 2.99. The number of rotatable bonds is 12. The highest BCUT2D eigenvalue weighted by Gasteiger charge is 2.34. The van der Waals surface area contributed by atoms with E-state index in [9.17, 15) is 18.0 Å². The Hall–Kier alpha value is -4.63. The summed E-state index contributed by atoms with van der Waals surface area (Å²) in [4.78, 5) is 29.3. The van der Waals surface area contributed by atoms with Gasteiger partial charge < -0.3 is 15.0 Å². The average molecular weight is 628 g/mol. The third-order valence-corrected chi connectivity index (χ3v) is 8.86. The Bertz CT molecular complexity index is 1670. The van der Waals surface area contributed by atoms with Gasteiger partial charge in [-0.3, -0.25) is 13.9 Å². The Morgan fingerprint density at radius 3 is 1.91 bits per heavy atom. The van der Waals surface area contributed by atoms with Gasteiger partial charge in [-0.1, -0.05) is 73.2 Å². The number of benzene rings is 4. The second kappa shape index (κ2) is 14.4. The molecule has 4 aromatic carbocycles. The van der Waals surface area contributed by atoms with E-state index in [1.54, 1.807) is 42.5 Å². The van der Waals surface area contributed by atoms with Crippen LogP contribution in [-0.4, -0.2) is 43.3 Å². The lowest BCUT2D eigenvalue weighted by Crippen LogP contribution is -2.55. The van der Waals surface area contributed by atoms with Crippen LogP contribution >= 0.6 is 0 Å². The van der Waals surface area contributed by atoms with Gasteiger partial charge in [0, 0.05) is 12.1 Å². The maximum atomic E-state index is 14.3. The number of para-hydroxylation sites is 1. The highest BCUT2D eigenvalue weighted by Crippen LogP contribution is 2.29. The molecule has 0 heterocycles. The number of ether oxygens (including phenoxy) is 1. The van der Waals surface area contributed by atoms with Crippen LogP contribution in [0.4, 0.5) is 5.69 Å². The topological polar surface area (TPSA) is 96.0 Å². The Labute approximate surface area is 266 Å². The fraction of sp³-hybridized carbons (Fsp3) is 0.278. The maximum absolute atomic E-state index is 14.3. The Morgan fingerprint density at radius 2 is 1.36 bits per heavy atom. The molecule has 0 saturated heterocycles. The van der Waals surface area contributed by atoms with Crippen molar-refractivity contribution in [2.45, 2.75) is 64.1 Å². The SMILES string of the molecule is CC[C@@H](C(=O)NC(C)(C)C)N(Cc1ccc(C)cc1)C(=O)CN(c1ccc(Oc2ccccc2)cc1)S(=O)(=O)c1ccccc1. The third kappa shape index (κ3) is 8.95. The molecule has 1 atom stereocenters. The number of carbonyl (C=O) groups excluding carboxylic acids is 2. The van der Waals surface area contributed by atoms with Crippen molar-refractivity contribution in [2.75, 3.05) is 10.8 Å². The van der Waals surface area contributed by atoms with E-state index >= 15 is 0 Å². The molecule has 236 valence electrons. The Morgan fingerprint density at radius 1 is 0.800 bits per heavy atom. The van der Waals surface area contributed by atoms with Crippen molar-refractivity contribution in [3.63, 3.8) is 0 Å². The molecule has 0 fully saturated rings. The molecule has 1 N–H and O–H groups in total. The molecular weight excluding hydrogens is 586 g/mol. The summed E-state index contributed by atoms with van der Waals surface area (Å²) < 4.78 is 35.1. The monoisotopic (exact) mass is 627 g/mol. The fourth-order valence-electron chi connectivity index (χ4n) is 4.82. The van der Waals surface area contributed by atoms with Gasteiger partial charge in [-0.25, -0.2) is 8.42 Å². The standard InChI is InChI=1S/C36H41N3O5S/c1-6-33(35(41)37-36(3,4)5)38(25-28-19-17-27(2)18-20-28)34(40)26-39(45(42,43)32-15-11-8-12-16-32)29-21-23-31(24-22-29)44-30-13-9-7-10-14-30/h7-24,33H,6,25-26H2,1-5H3,(H,37,41)/t33-/m0/s1. The number of anilines is 1. The van der Waals surface area contributed by atoms with Gasteiger partial charge >= 0.3 is 0 Å². The van der Waals surface area contributed by atoms with Gasteiger partial charge in [-0.05, 0) is 88.2 Å². The Kier molecular flexibility index (Phi) is 10.7. The summed E-state index contributed by atoms with van der Waals surface area (Å²) in [6.45, 7) is 9.07. The number of aryl methyl sites for hydroxylation is 1. The van der Waals surface area contributed by atoms with Crippen LogP contribution in [0.25, 0.3) is 0 Å². The molecule has 0 aliphatic heterocycles. The molecule has 2 amide bonds. The van der Waals surface area contributed by atoms with Gasteiger partial charge in [-0.15, -0.1) is 0 Å². The highest BCUT2D eigenvalue weighted by atomic mass is 32.2. The first-order valence-corrected chi connectivity index (χ1v) is 16.4. The zero-order chi connectivity index (χ0) is 32.6. The van der Waals surface area contributed by atoms with E-state index in [-0.39, 0.29) is 23.0 Å². The number of sulfonamides is 1. The molecule has 8 nitrogen and oxygen atoms in total. The van der Waals surface area contributed by atoms with E-state index in [4.69, 9.17) is 4.74 Å². The van der Waals surface area contributed by atoms with Crippen LogP contribution in [0.15, 0.2) is 114 Å². The molecule has 4 aromatic rings. The Balaban J connectivity index is 1.72. The predicted octanol–water partition coefficient (Wildman–Crippen LogP) is 6.70. The van der Waals surface area contributed by atoms with Crippen molar-refractivity contribution in [2.24, 2.45) is 0 Å². The average Bonchev–Trinajstić information content (AvgIpc) is 3.01. The largest absolute Gasteiger partial charge is 0.457 e.